The monoisotopic (exact) mass is 280 g/mol. The highest BCUT2D eigenvalue weighted by Gasteiger charge is 2.37. The molecular weight excluding hydrogens is 264 g/mol. The summed E-state index contributed by atoms with van der Waals surface area (Å²) in [6.45, 7) is 2.43. The lowest BCUT2D eigenvalue weighted by molar-refractivity contribution is -0.384. The Morgan fingerprint density at radius 2 is 2.20 bits per heavy atom. The number of nitro groups is 1. The predicted octanol–water partition coefficient (Wildman–Crippen LogP) is 1.90. The zero-order valence-corrected chi connectivity index (χ0v) is 11.3. The average molecular weight is 280 g/mol. The summed E-state index contributed by atoms with van der Waals surface area (Å²) in [5.41, 5.74) is 0.399. The third kappa shape index (κ3) is 2.52. The Morgan fingerprint density at radius 1 is 1.50 bits per heavy atom. The molecule has 0 saturated carbocycles. The van der Waals surface area contributed by atoms with E-state index in [-0.39, 0.29) is 11.6 Å². The van der Waals surface area contributed by atoms with E-state index in [9.17, 15) is 20.0 Å². The van der Waals surface area contributed by atoms with Crippen molar-refractivity contribution in [2.45, 2.75) is 19.4 Å². The van der Waals surface area contributed by atoms with Crippen LogP contribution in [0, 0.1) is 16.0 Å². The first-order chi connectivity index (χ1) is 9.43. The van der Waals surface area contributed by atoms with Gasteiger partial charge in [0.2, 0.25) is 0 Å². The normalized spacial score (nSPS) is 21.8. The van der Waals surface area contributed by atoms with Crippen LogP contribution in [0.15, 0.2) is 18.2 Å². The van der Waals surface area contributed by atoms with Gasteiger partial charge in [-0.3, -0.25) is 10.1 Å². The lowest BCUT2D eigenvalue weighted by Gasteiger charge is -2.25. The molecule has 0 aromatic heterocycles. The Kier molecular flexibility index (Phi) is 3.78. The topological polar surface area (TPSA) is 92.9 Å². The number of hydrogen-bond donors (Lipinski definition) is 1. The number of aliphatic carboxylic acids is 1. The van der Waals surface area contributed by atoms with Crippen LogP contribution in [0.25, 0.3) is 0 Å². The molecule has 1 aromatic rings. The minimum atomic E-state index is -0.916. The summed E-state index contributed by atoms with van der Waals surface area (Å²) in [6.07, 6.45) is 0.738. The van der Waals surface area contributed by atoms with Crippen LogP contribution in [0.4, 0.5) is 11.4 Å². The van der Waals surface area contributed by atoms with Crippen molar-refractivity contribution in [1.82, 2.24) is 0 Å². The molecule has 20 heavy (non-hydrogen) atoms. The van der Waals surface area contributed by atoms with E-state index in [1.54, 1.807) is 11.0 Å². The van der Waals surface area contributed by atoms with Crippen LogP contribution in [0.5, 0.6) is 5.75 Å². The molecule has 1 aromatic carbocycles. The number of non-ortho nitro benzene ring substituents is 1. The van der Waals surface area contributed by atoms with E-state index >= 15 is 0 Å². The summed E-state index contributed by atoms with van der Waals surface area (Å²) in [4.78, 5) is 23.5. The standard InChI is InChI=1S/C13H16N2O5/c1-8-3-4-14(12(8)13(16)17)9-5-10(15(18)19)7-11(6-9)20-2/h5-8,12H,3-4H2,1-2H3,(H,16,17). The molecular formula is C13H16N2O5. The Morgan fingerprint density at radius 3 is 2.75 bits per heavy atom. The van der Waals surface area contributed by atoms with Crippen molar-refractivity contribution in [3.05, 3.63) is 28.3 Å². The van der Waals surface area contributed by atoms with Crippen molar-refractivity contribution in [1.29, 1.82) is 0 Å². The molecule has 1 aliphatic heterocycles. The van der Waals surface area contributed by atoms with Gasteiger partial charge >= 0.3 is 5.97 Å². The maximum atomic E-state index is 11.4. The number of benzene rings is 1. The van der Waals surface area contributed by atoms with Crippen LogP contribution in [-0.4, -0.2) is 35.7 Å². The first-order valence-electron chi connectivity index (χ1n) is 6.27. The molecule has 1 heterocycles. The van der Waals surface area contributed by atoms with Gasteiger partial charge in [0, 0.05) is 24.4 Å². The predicted molar refractivity (Wildman–Crippen MR) is 72.2 cm³/mol. The number of nitro benzene ring substituents is 1. The van der Waals surface area contributed by atoms with Crippen LogP contribution in [0.2, 0.25) is 0 Å². The van der Waals surface area contributed by atoms with Crippen molar-refractivity contribution in [3.8, 4) is 5.75 Å². The van der Waals surface area contributed by atoms with Gasteiger partial charge in [0.15, 0.2) is 0 Å². The molecule has 0 radical (unpaired) electrons. The van der Waals surface area contributed by atoms with E-state index in [0.29, 0.717) is 18.0 Å². The highest BCUT2D eigenvalue weighted by molar-refractivity contribution is 5.80. The van der Waals surface area contributed by atoms with Crippen molar-refractivity contribution >= 4 is 17.3 Å². The molecule has 2 unspecified atom stereocenters. The van der Waals surface area contributed by atoms with Crippen LogP contribution >= 0.6 is 0 Å². The SMILES string of the molecule is COc1cc(N2CCC(C)C2C(=O)O)cc([N+](=O)[O-])c1. The summed E-state index contributed by atoms with van der Waals surface area (Å²) in [5, 5.41) is 20.2. The van der Waals surface area contributed by atoms with Crippen LogP contribution in [0.3, 0.4) is 0 Å². The van der Waals surface area contributed by atoms with E-state index in [1.165, 1.54) is 19.2 Å². The highest BCUT2D eigenvalue weighted by atomic mass is 16.6. The van der Waals surface area contributed by atoms with E-state index in [2.05, 4.69) is 0 Å². The number of carboxylic acids is 1. The zero-order valence-electron chi connectivity index (χ0n) is 11.3. The molecule has 2 atom stereocenters. The molecule has 0 spiro atoms. The van der Waals surface area contributed by atoms with Crippen molar-refractivity contribution < 1.29 is 19.6 Å². The lowest BCUT2D eigenvalue weighted by atomic mass is 10.0. The summed E-state index contributed by atoms with van der Waals surface area (Å²) in [6, 6.07) is 3.66. The minimum Gasteiger partial charge on any atom is -0.496 e. The Labute approximate surface area is 115 Å². The van der Waals surface area contributed by atoms with Crippen LogP contribution in [-0.2, 0) is 4.79 Å². The number of rotatable bonds is 4. The van der Waals surface area contributed by atoms with Gasteiger partial charge in [-0.1, -0.05) is 6.92 Å². The number of nitrogens with zero attached hydrogens (tertiary/aromatic N) is 2. The van der Waals surface area contributed by atoms with Crippen molar-refractivity contribution in [2.24, 2.45) is 5.92 Å². The number of carbonyl (C=O) groups is 1. The number of ether oxygens (including phenoxy) is 1. The Balaban J connectivity index is 2.43. The van der Waals surface area contributed by atoms with E-state index in [0.717, 1.165) is 6.42 Å². The maximum Gasteiger partial charge on any atom is 0.326 e. The summed E-state index contributed by atoms with van der Waals surface area (Å²) < 4.78 is 5.05. The molecule has 108 valence electrons. The van der Waals surface area contributed by atoms with E-state index in [1.807, 2.05) is 6.92 Å². The highest BCUT2D eigenvalue weighted by Crippen LogP contribution is 2.34. The van der Waals surface area contributed by atoms with Gasteiger partial charge in [-0.25, -0.2) is 4.79 Å². The number of hydrogen-bond acceptors (Lipinski definition) is 5. The molecule has 1 aliphatic rings. The van der Waals surface area contributed by atoms with E-state index in [4.69, 9.17) is 4.74 Å². The van der Waals surface area contributed by atoms with E-state index < -0.39 is 16.9 Å². The molecule has 0 amide bonds. The summed E-state index contributed by atoms with van der Waals surface area (Å²) in [7, 11) is 1.42. The number of methoxy groups -OCH3 is 1. The van der Waals surface area contributed by atoms with Crippen molar-refractivity contribution in [3.63, 3.8) is 0 Å². The fourth-order valence-electron chi connectivity index (χ4n) is 2.57. The molecule has 2 rings (SSSR count). The molecule has 1 saturated heterocycles. The Hall–Kier alpha value is -2.31. The molecule has 7 heteroatoms. The smallest absolute Gasteiger partial charge is 0.326 e. The van der Waals surface area contributed by atoms with Gasteiger partial charge in [-0.2, -0.15) is 0 Å². The van der Waals surface area contributed by atoms with Crippen LogP contribution < -0.4 is 9.64 Å². The average Bonchev–Trinajstić information content (AvgIpc) is 2.80. The largest absolute Gasteiger partial charge is 0.496 e. The quantitative estimate of drug-likeness (QED) is 0.669. The summed E-state index contributed by atoms with van der Waals surface area (Å²) >= 11 is 0. The van der Waals surface area contributed by atoms with Gasteiger partial charge < -0.3 is 14.7 Å². The van der Waals surface area contributed by atoms with Gasteiger partial charge in [0.25, 0.3) is 5.69 Å². The second-order valence-corrected chi connectivity index (χ2v) is 4.89. The molecule has 1 fully saturated rings. The van der Waals surface area contributed by atoms with Gasteiger partial charge in [0.1, 0.15) is 11.8 Å². The zero-order chi connectivity index (χ0) is 14.9. The second kappa shape index (κ2) is 5.36. The minimum absolute atomic E-state index is 0.00208. The first-order valence-corrected chi connectivity index (χ1v) is 6.27. The number of carboxylic acid groups (broad SMARTS) is 1. The van der Waals surface area contributed by atoms with Gasteiger partial charge in [-0.05, 0) is 12.3 Å². The third-order valence-corrected chi connectivity index (χ3v) is 3.61. The maximum absolute atomic E-state index is 11.4. The van der Waals surface area contributed by atoms with Gasteiger partial charge in [0.05, 0.1) is 18.1 Å². The second-order valence-electron chi connectivity index (χ2n) is 4.89. The molecule has 7 nitrogen and oxygen atoms in total. The van der Waals surface area contributed by atoms with Crippen molar-refractivity contribution in [2.75, 3.05) is 18.6 Å². The fourth-order valence-corrected chi connectivity index (χ4v) is 2.57. The van der Waals surface area contributed by atoms with Gasteiger partial charge in [-0.15, -0.1) is 0 Å². The third-order valence-electron chi connectivity index (χ3n) is 3.61. The fraction of sp³-hybridized carbons (Fsp3) is 0.462. The first kappa shape index (κ1) is 14.1. The van der Waals surface area contributed by atoms with Crippen LogP contribution in [0.1, 0.15) is 13.3 Å². The molecule has 1 N–H and O–H groups in total. The molecule has 0 bridgehead atoms. The number of anilines is 1. The summed E-state index contributed by atoms with van der Waals surface area (Å²) in [5.74, 6) is -0.573. The lowest BCUT2D eigenvalue weighted by Crippen LogP contribution is -2.39. The molecule has 0 aliphatic carbocycles. The Bertz CT molecular complexity index is 546.